The molecular weight excluding hydrogens is 492 g/mol. The number of hydrogen-bond donors (Lipinski definition) is 1. The predicted molar refractivity (Wildman–Crippen MR) is 125 cm³/mol. The molecule has 8 nitrogen and oxygen atoms in total. The summed E-state index contributed by atoms with van der Waals surface area (Å²) in [6.45, 7) is 1.84. The molecule has 3 aromatic heterocycles. The number of halogens is 4. The first-order valence-electron chi connectivity index (χ1n) is 11.3. The number of nitrogen functional groups attached to an aromatic ring is 1. The third kappa shape index (κ3) is 4.86. The fourth-order valence-corrected chi connectivity index (χ4v) is 4.21. The quantitative estimate of drug-likeness (QED) is 0.314. The highest BCUT2D eigenvalue weighted by Crippen LogP contribution is 2.36. The molecule has 1 amide bonds. The van der Waals surface area contributed by atoms with Gasteiger partial charge in [0.2, 0.25) is 5.95 Å². The molecule has 12 heteroatoms. The number of nitrogens with zero attached hydrogens (tertiary/aromatic N) is 5. The van der Waals surface area contributed by atoms with Crippen molar-refractivity contribution in [2.24, 2.45) is 0 Å². The van der Waals surface area contributed by atoms with Crippen LogP contribution in [0.1, 0.15) is 45.5 Å². The fourth-order valence-electron chi connectivity index (χ4n) is 4.21. The fraction of sp³-hybridized carbons (Fsp3) is 0.240. The zero-order valence-electron chi connectivity index (χ0n) is 19.5. The van der Waals surface area contributed by atoms with Gasteiger partial charge in [-0.3, -0.25) is 4.79 Å². The summed E-state index contributed by atoms with van der Waals surface area (Å²) in [5.41, 5.74) is 6.71. The van der Waals surface area contributed by atoms with Crippen LogP contribution in [0.5, 0.6) is 5.75 Å². The van der Waals surface area contributed by atoms with Crippen molar-refractivity contribution in [1.29, 1.82) is 0 Å². The van der Waals surface area contributed by atoms with Crippen molar-refractivity contribution in [3.63, 3.8) is 0 Å². The molecule has 37 heavy (non-hydrogen) atoms. The van der Waals surface area contributed by atoms with E-state index in [9.17, 15) is 22.4 Å². The third-order valence-electron chi connectivity index (χ3n) is 6.09. The molecule has 0 radical (unpaired) electrons. The number of amides is 1. The molecule has 2 N–H and O–H groups in total. The van der Waals surface area contributed by atoms with Crippen molar-refractivity contribution < 1.29 is 27.1 Å². The topological polar surface area (TPSA) is 107 Å². The van der Waals surface area contributed by atoms with Crippen LogP contribution in [-0.4, -0.2) is 37.6 Å². The largest absolute Gasteiger partial charge is 0.491 e. The summed E-state index contributed by atoms with van der Waals surface area (Å²) in [6, 6.07) is 10.5. The SMILES string of the molecule is Cc1cc2cc(C(=O)N(Cc3ccc(C(F)(F)F)nn3)[C@@H]3CCOc4ccc(F)nc43)ccc2nc1N. The van der Waals surface area contributed by atoms with Gasteiger partial charge in [-0.2, -0.15) is 22.7 Å². The molecule has 0 saturated carbocycles. The van der Waals surface area contributed by atoms with Gasteiger partial charge in [0.05, 0.1) is 30.4 Å². The van der Waals surface area contributed by atoms with Crippen LogP contribution in [0, 0.1) is 12.9 Å². The van der Waals surface area contributed by atoms with E-state index in [0.29, 0.717) is 28.0 Å². The molecule has 5 rings (SSSR count). The standard InChI is InChI=1S/C25H20F4N6O2/c1-13-10-15-11-14(2-4-17(15)31-23(13)30)24(36)35(12-16-3-6-20(34-33-16)25(27,28)29)18-8-9-37-19-5-7-21(26)32-22(18)19/h2-7,10-11,18H,8-9,12H2,1H3,(H2,30,31)/t18-/m1/s1. The van der Waals surface area contributed by atoms with E-state index in [2.05, 4.69) is 20.2 Å². The summed E-state index contributed by atoms with van der Waals surface area (Å²) in [6.07, 6.45) is -4.36. The van der Waals surface area contributed by atoms with Crippen LogP contribution in [0.15, 0.2) is 48.5 Å². The summed E-state index contributed by atoms with van der Waals surface area (Å²) in [7, 11) is 0. The van der Waals surface area contributed by atoms with E-state index in [1.807, 2.05) is 0 Å². The van der Waals surface area contributed by atoms with Crippen LogP contribution in [0.3, 0.4) is 0 Å². The maximum absolute atomic E-state index is 14.1. The number of fused-ring (bicyclic) bond motifs is 2. The Kier molecular flexibility index (Phi) is 6.10. The minimum Gasteiger partial charge on any atom is -0.491 e. The van der Waals surface area contributed by atoms with Gasteiger partial charge in [0.1, 0.15) is 17.3 Å². The summed E-state index contributed by atoms with van der Waals surface area (Å²) in [5.74, 6) is -0.508. The highest BCUT2D eigenvalue weighted by Gasteiger charge is 2.35. The van der Waals surface area contributed by atoms with Crippen LogP contribution in [0.2, 0.25) is 0 Å². The number of hydrogen-bond acceptors (Lipinski definition) is 7. The maximum atomic E-state index is 14.1. The van der Waals surface area contributed by atoms with Gasteiger partial charge in [0.15, 0.2) is 5.69 Å². The monoisotopic (exact) mass is 512 g/mol. The Balaban J connectivity index is 1.56. The molecule has 1 atom stereocenters. The highest BCUT2D eigenvalue weighted by atomic mass is 19.4. The lowest BCUT2D eigenvalue weighted by Gasteiger charge is -2.34. The molecule has 0 aliphatic carbocycles. The number of carbonyl (C=O) groups excluding carboxylic acids is 1. The van der Waals surface area contributed by atoms with E-state index >= 15 is 0 Å². The van der Waals surface area contributed by atoms with Gasteiger partial charge in [-0.05, 0) is 61.0 Å². The van der Waals surface area contributed by atoms with Crippen molar-refractivity contribution >= 4 is 22.6 Å². The second-order valence-electron chi connectivity index (χ2n) is 8.61. The molecule has 1 aromatic carbocycles. The molecule has 0 saturated heterocycles. The molecule has 0 unspecified atom stereocenters. The van der Waals surface area contributed by atoms with E-state index in [1.165, 1.54) is 11.0 Å². The Morgan fingerprint density at radius 1 is 1.11 bits per heavy atom. The molecule has 4 heterocycles. The molecule has 4 aromatic rings. The molecule has 0 spiro atoms. The summed E-state index contributed by atoms with van der Waals surface area (Å²) in [5, 5.41) is 7.63. The number of rotatable bonds is 4. The van der Waals surface area contributed by atoms with Crippen molar-refractivity contribution in [3.05, 3.63) is 82.7 Å². The first-order valence-corrected chi connectivity index (χ1v) is 11.3. The van der Waals surface area contributed by atoms with Gasteiger partial charge < -0.3 is 15.4 Å². The summed E-state index contributed by atoms with van der Waals surface area (Å²) >= 11 is 0. The molecule has 0 fully saturated rings. The van der Waals surface area contributed by atoms with Crippen molar-refractivity contribution in [3.8, 4) is 5.75 Å². The number of ether oxygens (including phenoxy) is 1. The number of alkyl halides is 3. The Hall–Kier alpha value is -4.35. The van der Waals surface area contributed by atoms with Gasteiger partial charge in [-0.15, -0.1) is 5.10 Å². The zero-order valence-corrected chi connectivity index (χ0v) is 19.5. The van der Waals surface area contributed by atoms with E-state index in [1.54, 1.807) is 31.2 Å². The lowest BCUT2D eigenvalue weighted by Crippen LogP contribution is -2.38. The van der Waals surface area contributed by atoms with Crippen LogP contribution < -0.4 is 10.5 Å². The number of benzene rings is 1. The minimum absolute atomic E-state index is 0.122. The molecule has 1 aliphatic heterocycles. The maximum Gasteiger partial charge on any atom is 0.435 e. The number of nitrogens with two attached hydrogens (primary N) is 1. The van der Waals surface area contributed by atoms with Crippen molar-refractivity contribution in [2.75, 3.05) is 12.3 Å². The van der Waals surface area contributed by atoms with Crippen LogP contribution in [0.4, 0.5) is 23.4 Å². The first kappa shape index (κ1) is 24.3. The predicted octanol–water partition coefficient (Wildman–Crippen LogP) is 4.63. The second-order valence-corrected chi connectivity index (χ2v) is 8.61. The van der Waals surface area contributed by atoms with Crippen LogP contribution in [0.25, 0.3) is 10.9 Å². The smallest absolute Gasteiger partial charge is 0.435 e. The van der Waals surface area contributed by atoms with Crippen molar-refractivity contribution in [1.82, 2.24) is 25.1 Å². The van der Waals surface area contributed by atoms with Crippen LogP contribution >= 0.6 is 0 Å². The lowest BCUT2D eigenvalue weighted by molar-refractivity contribution is -0.141. The Morgan fingerprint density at radius 3 is 2.65 bits per heavy atom. The molecule has 1 aliphatic rings. The third-order valence-corrected chi connectivity index (χ3v) is 6.09. The minimum atomic E-state index is -4.65. The number of carbonyl (C=O) groups is 1. The van der Waals surface area contributed by atoms with Gasteiger partial charge >= 0.3 is 6.18 Å². The van der Waals surface area contributed by atoms with Crippen LogP contribution in [-0.2, 0) is 12.7 Å². The van der Waals surface area contributed by atoms with E-state index in [-0.39, 0.29) is 31.0 Å². The van der Waals surface area contributed by atoms with Gasteiger partial charge in [-0.25, -0.2) is 9.97 Å². The molecule has 0 bridgehead atoms. The van der Waals surface area contributed by atoms with Gasteiger partial charge in [0, 0.05) is 17.4 Å². The second kappa shape index (κ2) is 9.26. The van der Waals surface area contributed by atoms with Gasteiger partial charge in [-0.1, -0.05) is 0 Å². The molecule has 190 valence electrons. The van der Waals surface area contributed by atoms with Gasteiger partial charge in [0.25, 0.3) is 5.91 Å². The van der Waals surface area contributed by atoms with E-state index in [4.69, 9.17) is 10.5 Å². The Morgan fingerprint density at radius 2 is 1.92 bits per heavy atom. The number of aryl methyl sites for hydroxylation is 1. The number of aromatic nitrogens is 4. The Bertz CT molecular complexity index is 1490. The number of anilines is 1. The zero-order chi connectivity index (χ0) is 26.3. The number of pyridine rings is 2. The summed E-state index contributed by atoms with van der Waals surface area (Å²) < 4.78 is 58.6. The lowest BCUT2D eigenvalue weighted by atomic mass is 10.0. The highest BCUT2D eigenvalue weighted by molar-refractivity contribution is 5.98. The van der Waals surface area contributed by atoms with E-state index < -0.39 is 29.8 Å². The van der Waals surface area contributed by atoms with E-state index in [0.717, 1.165) is 23.8 Å². The van der Waals surface area contributed by atoms with Crippen molar-refractivity contribution in [2.45, 2.75) is 32.1 Å². The molecular formula is C25H20F4N6O2. The average Bonchev–Trinajstić information content (AvgIpc) is 2.87. The normalized spacial score (nSPS) is 15.2. The summed E-state index contributed by atoms with van der Waals surface area (Å²) in [4.78, 5) is 23.5. The average molecular weight is 512 g/mol. The first-order chi connectivity index (χ1) is 17.6. The Labute approximate surface area is 208 Å².